The van der Waals surface area contributed by atoms with Crippen LogP contribution >= 0.6 is 0 Å². The molecule has 0 fully saturated rings. The van der Waals surface area contributed by atoms with Crippen molar-refractivity contribution >= 4 is 0 Å². The van der Waals surface area contributed by atoms with Gasteiger partial charge in [0, 0.05) is 18.6 Å². The summed E-state index contributed by atoms with van der Waals surface area (Å²) in [6, 6.07) is 5.84. The van der Waals surface area contributed by atoms with Crippen molar-refractivity contribution in [1.82, 2.24) is 14.8 Å². The van der Waals surface area contributed by atoms with Crippen molar-refractivity contribution in [1.29, 1.82) is 0 Å². The van der Waals surface area contributed by atoms with Gasteiger partial charge in [0.15, 0.2) is 5.82 Å². The van der Waals surface area contributed by atoms with Crippen molar-refractivity contribution in [2.45, 2.75) is 6.92 Å². The summed E-state index contributed by atoms with van der Waals surface area (Å²) in [4.78, 5) is 4.22. The normalized spacial score (nSPS) is 10.1. The van der Waals surface area contributed by atoms with Crippen molar-refractivity contribution in [3.8, 4) is 5.82 Å². The Morgan fingerprint density at radius 2 is 2.25 bits per heavy atom. The van der Waals surface area contributed by atoms with E-state index in [0.29, 0.717) is 0 Å². The van der Waals surface area contributed by atoms with E-state index in [0.717, 1.165) is 11.4 Å². The summed E-state index contributed by atoms with van der Waals surface area (Å²) in [5.41, 5.74) is 1.16. The smallest absolute Gasteiger partial charge is 0.153 e. The summed E-state index contributed by atoms with van der Waals surface area (Å²) in [5.74, 6) is 0.852. The highest BCUT2D eigenvalue weighted by Gasteiger charge is 1.94. The maximum Gasteiger partial charge on any atom is 0.153 e. The Morgan fingerprint density at radius 3 is 2.83 bits per heavy atom. The Balaban J connectivity index is 2.43. The van der Waals surface area contributed by atoms with Crippen LogP contribution in [0.2, 0.25) is 0 Å². The number of hydrogen-bond acceptors (Lipinski definition) is 2. The van der Waals surface area contributed by atoms with Crippen LogP contribution in [0.3, 0.4) is 0 Å². The third kappa shape index (κ3) is 1.21. The Morgan fingerprint density at radius 1 is 1.33 bits per heavy atom. The number of hydrogen-bond donors (Lipinski definition) is 0. The first-order valence-electron chi connectivity index (χ1n) is 3.79. The van der Waals surface area contributed by atoms with Crippen molar-refractivity contribution in [2.75, 3.05) is 0 Å². The molecule has 2 rings (SSSR count). The standard InChI is InChI=1S/C9H9N3/c1-8-3-4-9(10-7-8)12-6-2-5-11-12/h2-7H,1H3. The van der Waals surface area contributed by atoms with E-state index >= 15 is 0 Å². The van der Waals surface area contributed by atoms with Gasteiger partial charge < -0.3 is 0 Å². The Hall–Kier alpha value is -1.64. The van der Waals surface area contributed by atoms with E-state index in [9.17, 15) is 0 Å². The number of aryl methyl sites for hydroxylation is 1. The Labute approximate surface area is 70.7 Å². The molecule has 3 nitrogen and oxygen atoms in total. The van der Waals surface area contributed by atoms with Gasteiger partial charge in [-0.2, -0.15) is 5.10 Å². The molecule has 2 aromatic rings. The molecule has 0 atom stereocenters. The lowest BCUT2D eigenvalue weighted by molar-refractivity contribution is 0.845. The van der Waals surface area contributed by atoms with Gasteiger partial charge in [-0.1, -0.05) is 6.07 Å². The van der Waals surface area contributed by atoms with E-state index in [2.05, 4.69) is 10.1 Å². The minimum Gasteiger partial charge on any atom is -0.237 e. The van der Waals surface area contributed by atoms with Crippen molar-refractivity contribution < 1.29 is 0 Å². The third-order valence-corrected chi connectivity index (χ3v) is 1.63. The van der Waals surface area contributed by atoms with Crippen molar-refractivity contribution in [3.05, 3.63) is 42.4 Å². The second-order valence-electron chi connectivity index (χ2n) is 2.64. The fourth-order valence-corrected chi connectivity index (χ4v) is 1.000. The molecule has 0 aliphatic heterocycles. The lowest BCUT2D eigenvalue weighted by atomic mass is 10.3. The minimum atomic E-state index is 0.852. The van der Waals surface area contributed by atoms with E-state index in [1.807, 2.05) is 37.5 Å². The van der Waals surface area contributed by atoms with Gasteiger partial charge in [0.05, 0.1) is 0 Å². The van der Waals surface area contributed by atoms with Crippen LogP contribution in [0.25, 0.3) is 5.82 Å². The molecule has 0 saturated carbocycles. The van der Waals surface area contributed by atoms with E-state index in [4.69, 9.17) is 0 Å². The zero-order valence-corrected chi connectivity index (χ0v) is 6.81. The highest BCUT2D eigenvalue weighted by molar-refractivity contribution is 5.23. The molecule has 0 spiro atoms. The molecule has 12 heavy (non-hydrogen) atoms. The summed E-state index contributed by atoms with van der Waals surface area (Å²) < 4.78 is 1.74. The lowest BCUT2D eigenvalue weighted by Crippen LogP contribution is -1.96. The Bertz CT molecular complexity index is 348. The lowest BCUT2D eigenvalue weighted by Gasteiger charge is -1.98. The van der Waals surface area contributed by atoms with Crippen LogP contribution < -0.4 is 0 Å². The van der Waals surface area contributed by atoms with Crippen LogP contribution in [0.4, 0.5) is 0 Å². The summed E-state index contributed by atoms with van der Waals surface area (Å²) >= 11 is 0. The van der Waals surface area contributed by atoms with Gasteiger partial charge >= 0.3 is 0 Å². The Kier molecular flexibility index (Phi) is 1.63. The van der Waals surface area contributed by atoms with E-state index in [-0.39, 0.29) is 0 Å². The second-order valence-corrected chi connectivity index (χ2v) is 2.64. The van der Waals surface area contributed by atoms with Crippen LogP contribution in [-0.2, 0) is 0 Å². The van der Waals surface area contributed by atoms with Crippen molar-refractivity contribution in [3.63, 3.8) is 0 Å². The largest absolute Gasteiger partial charge is 0.237 e. The van der Waals surface area contributed by atoms with Gasteiger partial charge in [-0.05, 0) is 24.6 Å². The molecule has 0 aliphatic rings. The SMILES string of the molecule is Cc1ccc(-n2cccn2)nc1. The number of pyridine rings is 1. The summed E-state index contributed by atoms with van der Waals surface area (Å²) in [5, 5.41) is 4.07. The summed E-state index contributed by atoms with van der Waals surface area (Å²) in [6.07, 6.45) is 5.44. The molecule has 0 aliphatic carbocycles. The zero-order chi connectivity index (χ0) is 8.39. The summed E-state index contributed by atoms with van der Waals surface area (Å²) in [7, 11) is 0. The number of nitrogens with zero attached hydrogens (tertiary/aromatic N) is 3. The first kappa shape index (κ1) is 7.03. The fourth-order valence-electron chi connectivity index (χ4n) is 1.000. The molecule has 2 aromatic heterocycles. The third-order valence-electron chi connectivity index (χ3n) is 1.63. The molecule has 0 amide bonds. The van der Waals surface area contributed by atoms with Gasteiger partial charge in [-0.3, -0.25) is 0 Å². The molecule has 0 aromatic carbocycles. The minimum absolute atomic E-state index is 0.852. The molecule has 0 N–H and O–H groups in total. The molecular weight excluding hydrogens is 150 g/mol. The maximum absolute atomic E-state index is 4.22. The van der Waals surface area contributed by atoms with E-state index in [1.165, 1.54) is 0 Å². The molecule has 0 unspecified atom stereocenters. The average molecular weight is 159 g/mol. The zero-order valence-electron chi connectivity index (χ0n) is 6.81. The van der Waals surface area contributed by atoms with Gasteiger partial charge in [-0.15, -0.1) is 0 Å². The molecular formula is C9H9N3. The van der Waals surface area contributed by atoms with Gasteiger partial charge in [0.2, 0.25) is 0 Å². The topological polar surface area (TPSA) is 30.7 Å². The van der Waals surface area contributed by atoms with Crippen LogP contribution in [0.1, 0.15) is 5.56 Å². The first-order valence-corrected chi connectivity index (χ1v) is 3.79. The molecule has 0 radical (unpaired) electrons. The molecule has 2 heterocycles. The molecule has 0 saturated heterocycles. The van der Waals surface area contributed by atoms with Crippen LogP contribution in [0.5, 0.6) is 0 Å². The van der Waals surface area contributed by atoms with E-state index < -0.39 is 0 Å². The second kappa shape index (κ2) is 2.77. The quantitative estimate of drug-likeness (QED) is 0.632. The maximum atomic E-state index is 4.22. The average Bonchev–Trinajstić information content (AvgIpc) is 2.58. The van der Waals surface area contributed by atoms with E-state index in [1.54, 1.807) is 10.9 Å². The highest BCUT2D eigenvalue weighted by atomic mass is 15.3. The monoisotopic (exact) mass is 159 g/mol. The summed E-state index contributed by atoms with van der Waals surface area (Å²) in [6.45, 7) is 2.01. The van der Waals surface area contributed by atoms with Gasteiger partial charge in [0.1, 0.15) is 0 Å². The molecule has 60 valence electrons. The first-order chi connectivity index (χ1) is 5.86. The highest BCUT2D eigenvalue weighted by Crippen LogP contribution is 2.02. The fraction of sp³-hybridized carbons (Fsp3) is 0.111. The number of aromatic nitrogens is 3. The van der Waals surface area contributed by atoms with Crippen molar-refractivity contribution in [2.24, 2.45) is 0 Å². The van der Waals surface area contributed by atoms with Gasteiger partial charge in [-0.25, -0.2) is 9.67 Å². The van der Waals surface area contributed by atoms with Crippen LogP contribution in [0.15, 0.2) is 36.8 Å². The molecule has 3 heteroatoms. The van der Waals surface area contributed by atoms with Gasteiger partial charge in [0.25, 0.3) is 0 Å². The predicted octanol–water partition coefficient (Wildman–Crippen LogP) is 1.58. The van der Waals surface area contributed by atoms with Crippen LogP contribution in [-0.4, -0.2) is 14.8 Å². The number of rotatable bonds is 1. The molecule has 0 bridgehead atoms. The van der Waals surface area contributed by atoms with Crippen LogP contribution in [0, 0.1) is 6.92 Å². The predicted molar refractivity (Wildman–Crippen MR) is 46.1 cm³/mol.